The summed E-state index contributed by atoms with van der Waals surface area (Å²) in [7, 11) is 0. The van der Waals surface area contributed by atoms with Crippen LogP contribution in [0.3, 0.4) is 0 Å². The maximum Gasteiger partial charge on any atom is 0.191 e. The number of hydrogen-bond acceptors (Lipinski definition) is 3. The van der Waals surface area contributed by atoms with Crippen LogP contribution in [0.5, 0.6) is 0 Å². The van der Waals surface area contributed by atoms with Gasteiger partial charge in [-0.15, -0.1) is 24.0 Å². The molecule has 142 valence electrons. The molecule has 1 saturated heterocycles. The van der Waals surface area contributed by atoms with Crippen LogP contribution in [0.25, 0.3) is 0 Å². The average molecular weight is 477 g/mol. The third kappa shape index (κ3) is 7.74. The van der Waals surface area contributed by atoms with E-state index in [0.29, 0.717) is 5.92 Å². The maximum atomic E-state index is 6.09. The van der Waals surface area contributed by atoms with Crippen molar-refractivity contribution in [2.75, 3.05) is 38.2 Å². The molecule has 2 N–H and O–H groups in total. The molecule has 6 heteroatoms. The summed E-state index contributed by atoms with van der Waals surface area (Å²) in [5, 5.41) is 6.73. The molecule has 0 spiro atoms. The molecule has 25 heavy (non-hydrogen) atoms. The average Bonchev–Trinajstić information content (AvgIpc) is 2.61. The Labute approximate surface area is 174 Å². The Kier molecular flexibility index (Phi) is 11.6. The zero-order valence-electron chi connectivity index (χ0n) is 15.6. The van der Waals surface area contributed by atoms with E-state index < -0.39 is 0 Å². The molecular formula is C19H32IN3OS. The second-order valence-corrected chi connectivity index (χ2v) is 7.23. The molecule has 1 aliphatic heterocycles. The molecule has 2 atom stereocenters. The number of ether oxygens (including phenoxy) is 1. The predicted octanol–water partition coefficient (Wildman–Crippen LogP) is 4.00. The van der Waals surface area contributed by atoms with E-state index in [-0.39, 0.29) is 30.1 Å². The highest BCUT2D eigenvalue weighted by atomic mass is 127. The number of guanidine groups is 1. The molecule has 1 fully saturated rings. The largest absolute Gasteiger partial charge is 0.373 e. The number of benzene rings is 1. The summed E-state index contributed by atoms with van der Waals surface area (Å²) in [6.07, 6.45) is 4.58. The SMILES string of the molecule is CCNC(=NCC1CCCOC1c1ccc(C)cc1)NCCSC.I. The summed E-state index contributed by atoms with van der Waals surface area (Å²) in [6, 6.07) is 8.73. The first-order chi connectivity index (χ1) is 11.7. The van der Waals surface area contributed by atoms with Crippen LogP contribution >= 0.6 is 35.7 Å². The van der Waals surface area contributed by atoms with Crippen molar-refractivity contribution < 1.29 is 4.74 Å². The summed E-state index contributed by atoms with van der Waals surface area (Å²) < 4.78 is 6.09. The number of rotatable bonds is 7. The molecule has 2 unspecified atom stereocenters. The van der Waals surface area contributed by atoms with Crippen LogP contribution in [-0.4, -0.2) is 44.2 Å². The molecule has 0 aromatic heterocycles. The normalized spacial score (nSPS) is 20.7. The second-order valence-electron chi connectivity index (χ2n) is 6.24. The van der Waals surface area contributed by atoms with Gasteiger partial charge in [0.25, 0.3) is 0 Å². The van der Waals surface area contributed by atoms with Gasteiger partial charge in [0.05, 0.1) is 6.10 Å². The third-order valence-electron chi connectivity index (χ3n) is 4.28. The first kappa shape index (κ1) is 22.6. The van der Waals surface area contributed by atoms with Gasteiger partial charge in [-0.25, -0.2) is 0 Å². The molecule has 0 amide bonds. The topological polar surface area (TPSA) is 45.7 Å². The van der Waals surface area contributed by atoms with Crippen molar-refractivity contribution in [2.24, 2.45) is 10.9 Å². The van der Waals surface area contributed by atoms with E-state index in [4.69, 9.17) is 9.73 Å². The lowest BCUT2D eigenvalue weighted by Crippen LogP contribution is -2.39. The fraction of sp³-hybridized carbons (Fsp3) is 0.632. The van der Waals surface area contributed by atoms with Gasteiger partial charge in [-0.3, -0.25) is 4.99 Å². The van der Waals surface area contributed by atoms with Gasteiger partial charge in [0, 0.05) is 37.9 Å². The van der Waals surface area contributed by atoms with Crippen molar-refractivity contribution in [1.29, 1.82) is 0 Å². The molecular weight excluding hydrogens is 445 g/mol. The second kappa shape index (κ2) is 12.8. The lowest BCUT2D eigenvalue weighted by Gasteiger charge is -2.31. The Morgan fingerprint density at radius 2 is 2.04 bits per heavy atom. The van der Waals surface area contributed by atoms with Crippen LogP contribution < -0.4 is 10.6 Å². The molecule has 0 radical (unpaired) electrons. The molecule has 1 aliphatic rings. The lowest BCUT2D eigenvalue weighted by atomic mass is 9.89. The third-order valence-corrected chi connectivity index (χ3v) is 4.89. The van der Waals surface area contributed by atoms with E-state index in [1.165, 1.54) is 17.5 Å². The predicted molar refractivity (Wildman–Crippen MR) is 120 cm³/mol. The lowest BCUT2D eigenvalue weighted by molar-refractivity contribution is -0.0250. The molecule has 1 aromatic carbocycles. The standard InChI is InChI=1S/C19H31N3OS.HI/c1-4-20-19(21-11-13-24-3)22-14-17-6-5-12-23-18(17)16-9-7-15(2)8-10-16;/h7-10,17-18H,4-6,11-14H2,1-3H3,(H2,20,21,22);1H. The van der Waals surface area contributed by atoms with Crippen LogP contribution in [-0.2, 0) is 4.74 Å². The first-order valence-electron chi connectivity index (χ1n) is 8.94. The number of nitrogens with one attached hydrogen (secondary N) is 2. The number of nitrogens with zero attached hydrogens (tertiary/aromatic N) is 1. The minimum Gasteiger partial charge on any atom is -0.373 e. The van der Waals surface area contributed by atoms with Gasteiger partial charge in [-0.05, 0) is 38.5 Å². The number of aryl methyl sites for hydroxylation is 1. The maximum absolute atomic E-state index is 6.09. The number of hydrogen-bond donors (Lipinski definition) is 2. The zero-order valence-corrected chi connectivity index (χ0v) is 18.7. The van der Waals surface area contributed by atoms with E-state index in [9.17, 15) is 0 Å². The molecule has 0 bridgehead atoms. The van der Waals surface area contributed by atoms with Gasteiger partial charge >= 0.3 is 0 Å². The van der Waals surface area contributed by atoms with Gasteiger partial charge in [-0.2, -0.15) is 11.8 Å². The van der Waals surface area contributed by atoms with Gasteiger partial charge in [0.1, 0.15) is 0 Å². The van der Waals surface area contributed by atoms with Crippen molar-refractivity contribution in [1.82, 2.24) is 10.6 Å². The molecule has 1 aromatic rings. The van der Waals surface area contributed by atoms with Crippen molar-refractivity contribution in [3.05, 3.63) is 35.4 Å². The highest BCUT2D eigenvalue weighted by molar-refractivity contribution is 14.0. The molecule has 1 heterocycles. The van der Waals surface area contributed by atoms with Crippen molar-refractivity contribution in [2.45, 2.75) is 32.8 Å². The molecule has 0 aliphatic carbocycles. The molecule has 0 saturated carbocycles. The fourth-order valence-electron chi connectivity index (χ4n) is 2.98. The van der Waals surface area contributed by atoms with E-state index in [1.54, 1.807) is 0 Å². The van der Waals surface area contributed by atoms with Crippen LogP contribution in [0.15, 0.2) is 29.3 Å². The Morgan fingerprint density at radius 3 is 2.72 bits per heavy atom. The Balaban J connectivity index is 0.00000312. The van der Waals surface area contributed by atoms with Gasteiger partial charge in [-0.1, -0.05) is 29.8 Å². The number of halogens is 1. The minimum atomic E-state index is 0. The van der Waals surface area contributed by atoms with E-state index >= 15 is 0 Å². The van der Waals surface area contributed by atoms with Crippen molar-refractivity contribution >= 4 is 41.7 Å². The van der Waals surface area contributed by atoms with E-state index in [1.807, 2.05) is 11.8 Å². The van der Waals surface area contributed by atoms with Crippen molar-refractivity contribution in [3.8, 4) is 0 Å². The summed E-state index contributed by atoms with van der Waals surface area (Å²) in [6.45, 7) is 7.70. The highest BCUT2D eigenvalue weighted by Gasteiger charge is 2.27. The number of aliphatic imine (C=N–C) groups is 1. The smallest absolute Gasteiger partial charge is 0.191 e. The molecule has 4 nitrogen and oxygen atoms in total. The van der Waals surface area contributed by atoms with E-state index in [0.717, 1.165) is 44.4 Å². The van der Waals surface area contributed by atoms with E-state index in [2.05, 4.69) is 55.0 Å². The zero-order chi connectivity index (χ0) is 17.2. The summed E-state index contributed by atoms with van der Waals surface area (Å²) in [4.78, 5) is 4.81. The van der Waals surface area contributed by atoms with Crippen LogP contribution in [0.2, 0.25) is 0 Å². The molecule has 2 rings (SSSR count). The Bertz CT molecular complexity index is 510. The van der Waals surface area contributed by atoms with Crippen molar-refractivity contribution in [3.63, 3.8) is 0 Å². The Hall–Kier alpha value is -0.470. The Morgan fingerprint density at radius 1 is 1.28 bits per heavy atom. The van der Waals surface area contributed by atoms with Crippen LogP contribution in [0, 0.1) is 12.8 Å². The van der Waals surface area contributed by atoms with Gasteiger partial charge in [0.2, 0.25) is 0 Å². The van der Waals surface area contributed by atoms with Crippen LogP contribution in [0.1, 0.15) is 37.0 Å². The van der Waals surface area contributed by atoms with Gasteiger partial charge < -0.3 is 15.4 Å². The van der Waals surface area contributed by atoms with Crippen LogP contribution in [0.4, 0.5) is 0 Å². The summed E-state index contributed by atoms with van der Waals surface area (Å²) in [5.41, 5.74) is 2.57. The van der Waals surface area contributed by atoms with Gasteiger partial charge in [0.15, 0.2) is 5.96 Å². The highest BCUT2D eigenvalue weighted by Crippen LogP contribution is 2.33. The quantitative estimate of drug-likeness (QED) is 0.270. The number of thioether (sulfide) groups is 1. The fourth-order valence-corrected chi connectivity index (χ4v) is 3.28. The first-order valence-corrected chi connectivity index (χ1v) is 10.3. The summed E-state index contributed by atoms with van der Waals surface area (Å²) in [5.74, 6) is 2.44. The summed E-state index contributed by atoms with van der Waals surface area (Å²) >= 11 is 1.84. The minimum absolute atomic E-state index is 0. The monoisotopic (exact) mass is 477 g/mol.